The number of rotatable bonds is 8. The molecule has 25 heavy (non-hydrogen) atoms. The average molecular weight is 342 g/mol. The van der Waals surface area contributed by atoms with Gasteiger partial charge in [0.1, 0.15) is 5.82 Å². The summed E-state index contributed by atoms with van der Waals surface area (Å²) in [4.78, 5) is 13.6. The summed E-state index contributed by atoms with van der Waals surface area (Å²) in [5.41, 5.74) is 1.36. The van der Waals surface area contributed by atoms with Gasteiger partial charge in [0.05, 0.1) is 0 Å². The van der Waals surface area contributed by atoms with Crippen LogP contribution in [0.25, 0.3) is 0 Å². The van der Waals surface area contributed by atoms with Gasteiger partial charge in [0, 0.05) is 43.9 Å². The molecule has 0 aromatic carbocycles. The molecule has 1 saturated heterocycles. The Morgan fingerprint density at radius 1 is 1.28 bits per heavy atom. The molecule has 5 nitrogen and oxygen atoms in total. The van der Waals surface area contributed by atoms with Crippen molar-refractivity contribution in [1.29, 1.82) is 0 Å². The average Bonchev–Trinajstić information content (AvgIpc) is 3.18. The van der Waals surface area contributed by atoms with Gasteiger partial charge in [0.2, 0.25) is 0 Å². The molecule has 1 fully saturated rings. The van der Waals surface area contributed by atoms with E-state index < -0.39 is 0 Å². The molecular formula is C20H31N5. The predicted octanol–water partition coefficient (Wildman–Crippen LogP) is 2.99. The van der Waals surface area contributed by atoms with Crippen molar-refractivity contribution in [2.24, 2.45) is 5.92 Å². The summed E-state index contributed by atoms with van der Waals surface area (Å²) in [6.07, 6.45) is 11.6. The van der Waals surface area contributed by atoms with Gasteiger partial charge < -0.3 is 9.47 Å². The smallest absolute Gasteiger partial charge is 0.105 e. The van der Waals surface area contributed by atoms with Crippen LogP contribution in [0.2, 0.25) is 0 Å². The number of aryl methyl sites for hydroxylation is 2. The molecule has 136 valence electrons. The number of aromatic nitrogens is 3. The van der Waals surface area contributed by atoms with Crippen LogP contribution in [0, 0.1) is 12.8 Å². The van der Waals surface area contributed by atoms with Crippen molar-refractivity contribution < 1.29 is 0 Å². The Kier molecular flexibility index (Phi) is 6.21. The topological polar surface area (TPSA) is 37.2 Å². The molecule has 0 unspecified atom stereocenters. The molecule has 1 aliphatic heterocycles. The van der Waals surface area contributed by atoms with Gasteiger partial charge in [0.15, 0.2) is 0 Å². The summed E-state index contributed by atoms with van der Waals surface area (Å²) in [6, 6.07) is 4.78. The van der Waals surface area contributed by atoms with Crippen molar-refractivity contribution in [3.8, 4) is 0 Å². The zero-order valence-electron chi connectivity index (χ0n) is 15.8. The van der Waals surface area contributed by atoms with Crippen molar-refractivity contribution in [1.82, 2.24) is 24.3 Å². The number of imidazole rings is 1. The molecule has 2 aromatic rings. The van der Waals surface area contributed by atoms with Crippen LogP contribution in [0.3, 0.4) is 0 Å². The highest BCUT2D eigenvalue weighted by molar-refractivity contribution is 5.17. The molecule has 0 aliphatic carbocycles. The summed E-state index contributed by atoms with van der Waals surface area (Å²) in [7, 11) is 4.51. The Labute approximate surface area is 151 Å². The highest BCUT2D eigenvalue weighted by Gasteiger charge is 2.33. The van der Waals surface area contributed by atoms with E-state index in [2.05, 4.69) is 63.7 Å². The molecule has 2 aromatic heterocycles. The van der Waals surface area contributed by atoms with Crippen LogP contribution in [0.15, 0.2) is 36.9 Å². The SMILES string of the molecule is Cc1nccn1CCCCN(C)C[C@@H]1CCN(C)[C@H]1c1cccnc1. The van der Waals surface area contributed by atoms with Crippen LogP contribution in [-0.2, 0) is 6.54 Å². The second kappa shape index (κ2) is 8.59. The van der Waals surface area contributed by atoms with E-state index in [0.29, 0.717) is 12.0 Å². The van der Waals surface area contributed by atoms with Crippen LogP contribution in [0.5, 0.6) is 0 Å². The number of pyridine rings is 1. The van der Waals surface area contributed by atoms with Gasteiger partial charge >= 0.3 is 0 Å². The highest BCUT2D eigenvalue weighted by atomic mass is 15.2. The fourth-order valence-electron chi connectivity index (χ4n) is 4.09. The first-order valence-electron chi connectivity index (χ1n) is 9.41. The van der Waals surface area contributed by atoms with Gasteiger partial charge in [-0.3, -0.25) is 9.88 Å². The van der Waals surface area contributed by atoms with E-state index in [0.717, 1.165) is 25.5 Å². The Balaban J connectivity index is 1.45. The van der Waals surface area contributed by atoms with Gasteiger partial charge in [-0.1, -0.05) is 6.07 Å². The minimum Gasteiger partial charge on any atom is -0.335 e. The van der Waals surface area contributed by atoms with Gasteiger partial charge in [-0.25, -0.2) is 4.98 Å². The maximum absolute atomic E-state index is 4.32. The van der Waals surface area contributed by atoms with E-state index in [1.54, 1.807) is 0 Å². The molecule has 0 N–H and O–H groups in total. The maximum atomic E-state index is 4.32. The first kappa shape index (κ1) is 18.1. The first-order valence-corrected chi connectivity index (χ1v) is 9.41. The van der Waals surface area contributed by atoms with Gasteiger partial charge in [-0.15, -0.1) is 0 Å². The standard InChI is InChI=1S/C20H31N5/c1-17-22-10-14-25(17)12-5-4-11-23(2)16-19-8-13-24(3)20(19)18-7-6-9-21-15-18/h6-7,9-10,14-15,19-20H,4-5,8,11-13,16H2,1-3H3/t19-,20-/m0/s1. The van der Waals surface area contributed by atoms with Crippen LogP contribution in [-0.4, -0.2) is 58.1 Å². The van der Waals surface area contributed by atoms with Crippen LogP contribution in [0.4, 0.5) is 0 Å². The monoisotopic (exact) mass is 341 g/mol. The van der Waals surface area contributed by atoms with Crippen molar-refractivity contribution in [2.75, 3.05) is 33.7 Å². The fourth-order valence-corrected chi connectivity index (χ4v) is 4.09. The largest absolute Gasteiger partial charge is 0.335 e. The molecule has 0 saturated carbocycles. The molecule has 5 heteroatoms. The third-order valence-electron chi connectivity index (χ3n) is 5.46. The quantitative estimate of drug-likeness (QED) is 0.692. The Morgan fingerprint density at radius 2 is 2.16 bits per heavy atom. The number of hydrogen-bond donors (Lipinski definition) is 0. The Bertz CT molecular complexity index is 639. The predicted molar refractivity (Wildman–Crippen MR) is 101 cm³/mol. The molecular weight excluding hydrogens is 310 g/mol. The molecule has 3 rings (SSSR count). The second-order valence-corrected chi connectivity index (χ2v) is 7.40. The van der Waals surface area contributed by atoms with E-state index in [-0.39, 0.29) is 0 Å². The molecule has 0 spiro atoms. The minimum absolute atomic E-state index is 0.504. The van der Waals surface area contributed by atoms with Crippen LogP contribution in [0.1, 0.15) is 36.7 Å². The lowest BCUT2D eigenvalue weighted by Crippen LogP contribution is -2.30. The molecule has 3 heterocycles. The lowest BCUT2D eigenvalue weighted by molar-refractivity contribution is 0.215. The molecule has 1 aliphatic rings. The third-order valence-corrected chi connectivity index (χ3v) is 5.46. The normalized spacial score (nSPS) is 21.3. The van der Waals surface area contributed by atoms with Crippen molar-refractivity contribution in [3.05, 3.63) is 48.3 Å². The molecule has 0 bridgehead atoms. The number of hydrogen-bond acceptors (Lipinski definition) is 4. The van der Waals surface area contributed by atoms with Gasteiger partial charge in [-0.2, -0.15) is 0 Å². The summed E-state index contributed by atoms with van der Waals surface area (Å²) >= 11 is 0. The Morgan fingerprint density at radius 3 is 2.88 bits per heavy atom. The minimum atomic E-state index is 0.504. The van der Waals surface area contributed by atoms with Gasteiger partial charge in [-0.05, 0) is 70.9 Å². The van der Waals surface area contributed by atoms with Crippen molar-refractivity contribution in [3.63, 3.8) is 0 Å². The van der Waals surface area contributed by atoms with Crippen molar-refractivity contribution >= 4 is 0 Å². The van der Waals surface area contributed by atoms with E-state index in [4.69, 9.17) is 0 Å². The lowest BCUT2D eigenvalue weighted by atomic mass is 9.94. The number of unbranched alkanes of at least 4 members (excludes halogenated alkanes) is 1. The van der Waals surface area contributed by atoms with E-state index in [1.165, 1.54) is 31.4 Å². The zero-order chi connectivity index (χ0) is 17.6. The van der Waals surface area contributed by atoms with Crippen LogP contribution < -0.4 is 0 Å². The fraction of sp³-hybridized carbons (Fsp3) is 0.600. The molecule has 0 amide bonds. The summed E-state index contributed by atoms with van der Waals surface area (Å²) in [6.45, 7) is 6.64. The highest BCUT2D eigenvalue weighted by Crippen LogP contribution is 2.36. The Hall–Kier alpha value is -1.72. The summed E-state index contributed by atoms with van der Waals surface area (Å²) in [5.74, 6) is 1.80. The zero-order valence-corrected chi connectivity index (χ0v) is 15.8. The second-order valence-electron chi connectivity index (χ2n) is 7.40. The maximum Gasteiger partial charge on any atom is 0.105 e. The lowest BCUT2D eigenvalue weighted by Gasteiger charge is -2.28. The van der Waals surface area contributed by atoms with E-state index in [9.17, 15) is 0 Å². The molecule has 0 radical (unpaired) electrons. The summed E-state index contributed by atoms with van der Waals surface area (Å²) in [5, 5.41) is 0. The van der Waals surface area contributed by atoms with Crippen LogP contribution >= 0.6 is 0 Å². The first-order chi connectivity index (χ1) is 12.1. The van der Waals surface area contributed by atoms with E-state index in [1.807, 2.05) is 18.6 Å². The van der Waals surface area contributed by atoms with Crippen molar-refractivity contribution in [2.45, 2.75) is 38.8 Å². The van der Waals surface area contributed by atoms with E-state index >= 15 is 0 Å². The van der Waals surface area contributed by atoms with Gasteiger partial charge in [0.25, 0.3) is 0 Å². The number of likely N-dealkylation sites (tertiary alicyclic amines) is 1. The number of nitrogens with zero attached hydrogens (tertiary/aromatic N) is 5. The third kappa shape index (κ3) is 4.67. The molecule has 2 atom stereocenters. The summed E-state index contributed by atoms with van der Waals surface area (Å²) < 4.78 is 2.24.